The fourth-order valence-electron chi connectivity index (χ4n) is 2.85. The molecule has 1 aliphatic heterocycles. The van der Waals surface area contributed by atoms with E-state index in [-0.39, 0.29) is 6.42 Å². The molecule has 7 nitrogen and oxygen atoms in total. The highest BCUT2D eigenvalue weighted by Gasteiger charge is 2.66. The summed E-state index contributed by atoms with van der Waals surface area (Å²) in [5, 5.41) is 50.9. The Kier molecular flexibility index (Phi) is 4.67. The Bertz CT molecular complexity index is 534. The van der Waals surface area contributed by atoms with Crippen LogP contribution in [0.4, 0.5) is 0 Å². The van der Waals surface area contributed by atoms with Crippen LogP contribution in [0.3, 0.4) is 0 Å². The third kappa shape index (κ3) is 2.45. The molecule has 122 valence electrons. The fraction of sp³-hybridized carbons (Fsp3) is 0.533. The number of ether oxygens (including phenoxy) is 1. The van der Waals surface area contributed by atoms with Crippen molar-refractivity contribution in [1.82, 2.24) is 0 Å². The van der Waals surface area contributed by atoms with Crippen molar-refractivity contribution in [2.45, 2.75) is 43.0 Å². The first kappa shape index (κ1) is 17.0. The van der Waals surface area contributed by atoms with Gasteiger partial charge in [-0.15, -0.1) is 0 Å². The molecule has 0 aliphatic carbocycles. The predicted molar refractivity (Wildman–Crippen MR) is 74.7 cm³/mol. The molecule has 22 heavy (non-hydrogen) atoms. The second kappa shape index (κ2) is 6.04. The van der Waals surface area contributed by atoms with Crippen LogP contribution < -0.4 is 0 Å². The molecule has 1 aromatic rings. The summed E-state index contributed by atoms with van der Waals surface area (Å²) in [6.07, 6.45) is -5.47. The molecular weight excluding hydrogens is 292 g/mol. The number of Topliss-reactive ketones (excluding diaryl/α,β-unsaturated/α-hetero) is 1. The Labute approximate surface area is 127 Å². The third-order valence-corrected chi connectivity index (χ3v) is 4.20. The average Bonchev–Trinajstić information content (AvgIpc) is 2.50. The molecule has 0 bridgehead atoms. The lowest BCUT2D eigenvalue weighted by Gasteiger charge is -2.52. The third-order valence-electron chi connectivity index (χ3n) is 4.20. The maximum Gasteiger partial charge on any atom is 0.205 e. The molecule has 0 saturated carbocycles. The first-order chi connectivity index (χ1) is 10.3. The Morgan fingerprint density at radius 1 is 1.23 bits per heavy atom. The second-order valence-electron chi connectivity index (χ2n) is 5.56. The van der Waals surface area contributed by atoms with Crippen LogP contribution in [0.25, 0.3) is 0 Å². The monoisotopic (exact) mass is 312 g/mol. The van der Waals surface area contributed by atoms with Crippen molar-refractivity contribution < 1.29 is 35.1 Å². The summed E-state index contributed by atoms with van der Waals surface area (Å²) >= 11 is 0. The zero-order valence-electron chi connectivity index (χ0n) is 12.1. The molecule has 1 heterocycles. The lowest BCUT2D eigenvalue weighted by atomic mass is 9.69. The van der Waals surface area contributed by atoms with Crippen LogP contribution in [0.5, 0.6) is 0 Å². The summed E-state index contributed by atoms with van der Waals surface area (Å²) < 4.78 is 4.88. The Morgan fingerprint density at radius 3 is 2.32 bits per heavy atom. The van der Waals surface area contributed by atoms with Crippen molar-refractivity contribution in [3.63, 3.8) is 0 Å². The normalized spacial score (nSPS) is 38.7. The second-order valence-corrected chi connectivity index (χ2v) is 5.56. The van der Waals surface area contributed by atoms with Crippen LogP contribution in [0.1, 0.15) is 12.5 Å². The topological polar surface area (TPSA) is 127 Å². The zero-order valence-corrected chi connectivity index (χ0v) is 12.1. The van der Waals surface area contributed by atoms with E-state index in [2.05, 4.69) is 0 Å². The quantitative estimate of drug-likeness (QED) is 0.451. The minimum absolute atomic E-state index is 0.304. The van der Waals surface area contributed by atoms with E-state index in [1.165, 1.54) is 0 Å². The predicted octanol–water partition coefficient (Wildman–Crippen LogP) is -1.65. The Hall–Kier alpha value is -1.35. The summed E-state index contributed by atoms with van der Waals surface area (Å²) in [5.41, 5.74) is -4.59. The number of aliphatic hydroxyl groups excluding tert-OH is 3. The van der Waals surface area contributed by atoms with E-state index < -0.39 is 42.1 Å². The molecule has 0 unspecified atom stereocenters. The number of ketones is 1. The highest BCUT2D eigenvalue weighted by atomic mass is 16.6. The van der Waals surface area contributed by atoms with E-state index in [0.717, 1.165) is 6.92 Å². The van der Waals surface area contributed by atoms with Gasteiger partial charge in [-0.2, -0.15) is 0 Å². The first-order valence-corrected chi connectivity index (χ1v) is 6.89. The van der Waals surface area contributed by atoms with E-state index in [9.17, 15) is 30.3 Å². The number of aliphatic hydroxyl groups is 5. The lowest BCUT2D eigenvalue weighted by molar-refractivity contribution is -0.350. The molecule has 1 fully saturated rings. The van der Waals surface area contributed by atoms with E-state index in [1.54, 1.807) is 30.3 Å². The summed E-state index contributed by atoms with van der Waals surface area (Å²) in [5.74, 6) is -0.950. The SMILES string of the molecule is CC(=O)[C@]1(O)[C@@H](O)O[C@H](CO)[C@@H](O)[C@@]1(O)Cc1ccccc1. The van der Waals surface area contributed by atoms with Crippen LogP contribution in [-0.2, 0) is 16.0 Å². The molecule has 5 atom stereocenters. The van der Waals surface area contributed by atoms with Gasteiger partial charge in [-0.3, -0.25) is 4.79 Å². The zero-order chi connectivity index (χ0) is 16.5. The number of benzene rings is 1. The van der Waals surface area contributed by atoms with Gasteiger partial charge in [0.2, 0.25) is 5.60 Å². The fourth-order valence-corrected chi connectivity index (χ4v) is 2.85. The molecule has 1 saturated heterocycles. The molecule has 1 aromatic carbocycles. The molecular formula is C15H20O7. The van der Waals surface area contributed by atoms with Gasteiger partial charge in [0.15, 0.2) is 12.1 Å². The van der Waals surface area contributed by atoms with Gasteiger partial charge in [-0.05, 0) is 12.5 Å². The number of carbonyl (C=O) groups is 1. The molecule has 0 amide bonds. The van der Waals surface area contributed by atoms with Crippen molar-refractivity contribution in [1.29, 1.82) is 0 Å². The van der Waals surface area contributed by atoms with Crippen LogP contribution in [-0.4, -0.2) is 67.6 Å². The van der Waals surface area contributed by atoms with Gasteiger partial charge in [0.05, 0.1) is 6.61 Å². The van der Waals surface area contributed by atoms with Gasteiger partial charge in [-0.25, -0.2) is 0 Å². The highest BCUT2D eigenvalue weighted by Crippen LogP contribution is 2.40. The molecule has 5 N–H and O–H groups in total. The van der Waals surface area contributed by atoms with Crippen LogP contribution in [0, 0.1) is 0 Å². The Morgan fingerprint density at radius 2 is 1.82 bits per heavy atom. The minimum Gasteiger partial charge on any atom is -0.394 e. The van der Waals surface area contributed by atoms with Crippen LogP contribution >= 0.6 is 0 Å². The first-order valence-electron chi connectivity index (χ1n) is 6.89. The van der Waals surface area contributed by atoms with Crippen LogP contribution in [0.2, 0.25) is 0 Å². The van der Waals surface area contributed by atoms with Gasteiger partial charge in [-0.1, -0.05) is 30.3 Å². The van der Waals surface area contributed by atoms with Crippen molar-refractivity contribution in [2.24, 2.45) is 0 Å². The van der Waals surface area contributed by atoms with Gasteiger partial charge in [0, 0.05) is 6.42 Å². The van der Waals surface area contributed by atoms with Crippen molar-refractivity contribution >= 4 is 5.78 Å². The largest absolute Gasteiger partial charge is 0.394 e. The molecule has 0 radical (unpaired) electrons. The number of hydrogen-bond donors (Lipinski definition) is 5. The number of carbonyl (C=O) groups excluding carboxylic acids is 1. The Balaban J connectivity index is 2.49. The van der Waals surface area contributed by atoms with Crippen molar-refractivity contribution in [2.75, 3.05) is 6.61 Å². The standard InChI is InChI=1S/C15H20O7/c1-9(17)15(21)13(19)22-11(8-16)12(18)14(15,20)7-10-5-3-2-4-6-10/h2-6,11-13,16,18-21H,7-8H2,1H3/t11-,12-,13+,14+,15+/m1/s1. The van der Waals surface area contributed by atoms with E-state index in [1.807, 2.05) is 0 Å². The summed E-state index contributed by atoms with van der Waals surface area (Å²) in [6.45, 7) is 0.290. The molecule has 0 spiro atoms. The number of rotatable bonds is 4. The summed E-state index contributed by atoms with van der Waals surface area (Å²) in [6, 6.07) is 8.41. The average molecular weight is 312 g/mol. The van der Waals surface area contributed by atoms with Gasteiger partial charge in [0.25, 0.3) is 0 Å². The smallest absolute Gasteiger partial charge is 0.205 e. The van der Waals surface area contributed by atoms with Gasteiger partial charge < -0.3 is 30.3 Å². The van der Waals surface area contributed by atoms with Gasteiger partial charge in [0.1, 0.15) is 17.8 Å². The number of hydrogen-bond acceptors (Lipinski definition) is 7. The maximum atomic E-state index is 11.9. The van der Waals surface area contributed by atoms with Crippen molar-refractivity contribution in [3.8, 4) is 0 Å². The van der Waals surface area contributed by atoms with E-state index in [4.69, 9.17) is 4.74 Å². The van der Waals surface area contributed by atoms with Crippen LogP contribution in [0.15, 0.2) is 30.3 Å². The molecule has 1 aliphatic rings. The lowest BCUT2D eigenvalue weighted by Crippen LogP contribution is -2.77. The summed E-state index contributed by atoms with van der Waals surface area (Å²) in [4.78, 5) is 11.9. The van der Waals surface area contributed by atoms with Gasteiger partial charge >= 0.3 is 0 Å². The van der Waals surface area contributed by atoms with E-state index >= 15 is 0 Å². The molecule has 2 rings (SSSR count). The molecule has 7 heteroatoms. The maximum absolute atomic E-state index is 11.9. The molecule has 0 aromatic heterocycles. The van der Waals surface area contributed by atoms with Crippen molar-refractivity contribution in [3.05, 3.63) is 35.9 Å². The summed E-state index contributed by atoms with van der Waals surface area (Å²) in [7, 11) is 0. The minimum atomic E-state index is -2.71. The van der Waals surface area contributed by atoms with E-state index in [0.29, 0.717) is 5.56 Å². The highest BCUT2D eigenvalue weighted by molar-refractivity contribution is 5.87.